The summed E-state index contributed by atoms with van der Waals surface area (Å²) in [6.07, 6.45) is 4.81. The molecule has 2 atom stereocenters. The van der Waals surface area contributed by atoms with Crippen LogP contribution in [0.25, 0.3) is 0 Å². The third kappa shape index (κ3) is 1.29. The Morgan fingerprint density at radius 2 is 1.70 bits per heavy atom. The Labute approximate surface area is 123 Å². The molecule has 0 spiro atoms. The van der Waals surface area contributed by atoms with E-state index in [-0.39, 0.29) is 16.4 Å². The van der Waals surface area contributed by atoms with Crippen molar-refractivity contribution in [1.29, 1.82) is 0 Å². The molecule has 0 bridgehead atoms. The summed E-state index contributed by atoms with van der Waals surface area (Å²) in [7, 11) is 0. The second-order valence-electron chi connectivity index (χ2n) is 7.84. The summed E-state index contributed by atoms with van der Waals surface area (Å²) in [6.45, 7) is 16.6. The van der Waals surface area contributed by atoms with Crippen molar-refractivity contribution in [3.8, 4) is 0 Å². The highest BCUT2D eigenvalue weighted by atomic mass is 15.3. The molecular weight excluding hydrogens is 242 g/mol. The number of para-hydroxylation sites is 1. The molecule has 2 aliphatic heterocycles. The van der Waals surface area contributed by atoms with E-state index in [1.165, 1.54) is 16.8 Å². The minimum atomic E-state index is 0.0784. The van der Waals surface area contributed by atoms with Crippen LogP contribution in [-0.4, -0.2) is 11.6 Å². The third-order valence-electron chi connectivity index (χ3n) is 6.59. The number of hydrogen-bond donors (Lipinski definition) is 0. The molecule has 0 N–H and O–H groups in total. The van der Waals surface area contributed by atoms with Crippen molar-refractivity contribution >= 4 is 5.69 Å². The standard InChI is InChI=1S/C19H27N/c1-13-9-8-10-15-16(13)20-14(2)11-12-19(20,7)18(5,6)17(15,3)4/h8-12,14H,1-7H3/t14-,19?/m0/s1. The van der Waals surface area contributed by atoms with Gasteiger partial charge in [-0.05, 0) is 37.3 Å². The molecule has 0 amide bonds. The van der Waals surface area contributed by atoms with Gasteiger partial charge in [0.25, 0.3) is 0 Å². The minimum absolute atomic E-state index is 0.0784. The zero-order chi connectivity index (χ0) is 14.9. The largest absolute Gasteiger partial charge is 0.355 e. The maximum Gasteiger partial charge on any atom is 0.0622 e. The predicted molar refractivity (Wildman–Crippen MR) is 87.5 cm³/mol. The van der Waals surface area contributed by atoms with Gasteiger partial charge in [-0.1, -0.05) is 58.0 Å². The first-order chi connectivity index (χ1) is 9.14. The van der Waals surface area contributed by atoms with Gasteiger partial charge >= 0.3 is 0 Å². The van der Waals surface area contributed by atoms with Crippen LogP contribution in [-0.2, 0) is 5.41 Å². The molecule has 0 saturated carbocycles. The average Bonchev–Trinajstić information content (AvgIpc) is 2.66. The van der Waals surface area contributed by atoms with Crippen molar-refractivity contribution in [3.05, 3.63) is 41.5 Å². The van der Waals surface area contributed by atoms with E-state index in [1.54, 1.807) is 0 Å². The fourth-order valence-electron chi connectivity index (χ4n) is 4.31. The topological polar surface area (TPSA) is 3.24 Å². The monoisotopic (exact) mass is 269 g/mol. The lowest BCUT2D eigenvalue weighted by Crippen LogP contribution is -2.64. The lowest BCUT2D eigenvalue weighted by molar-refractivity contribution is 0.0983. The van der Waals surface area contributed by atoms with E-state index >= 15 is 0 Å². The molecule has 1 nitrogen and oxygen atoms in total. The first-order valence-corrected chi connectivity index (χ1v) is 7.73. The van der Waals surface area contributed by atoms with Gasteiger partial charge in [-0.15, -0.1) is 0 Å². The van der Waals surface area contributed by atoms with Gasteiger partial charge in [-0.3, -0.25) is 0 Å². The Kier molecular flexibility index (Phi) is 2.53. The number of aryl methyl sites for hydroxylation is 1. The molecule has 1 aromatic rings. The van der Waals surface area contributed by atoms with Gasteiger partial charge in [-0.2, -0.15) is 0 Å². The Hall–Kier alpha value is -1.24. The highest BCUT2D eigenvalue weighted by molar-refractivity contribution is 5.70. The highest BCUT2D eigenvalue weighted by Crippen LogP contribution is 2.61. The average molecular weight is 269 g/mol. The van der Waals surface area contributed by atoms with E-state index in [0.29, 0.717) is 6.04 Å². The summed E-state index contributed by atoms with van der Waals surface area (Å²) in [4.78, 5) is 2.64. The first kappa shape index (κ1) is 13.7. The smallest absolute Gasteiger partial charge is 0.0622 e. The summed E-state index contributed by atoms with van der Waals surface area (Å²) >= 11 is 0. The van der Waals surface area contributed by atoms with Crippen LogP contribution in [0.1, 0.15) is 52.7 Å². The molecular formula is C19H27N. The van der Waals surface area contributed by atoms with Gasteiger partial charge in [-0.25, -0.2) is 0 Å². The summed E-state index contributed by atoms with van der Waals surface area (Å²) in [5, 5.41) is 0. The molecule has 0 aromatic heterocycles. The Morgan fingerprint density at radius 3 is 2.35 bits per heavy atom. The molecule has 0 fully saturated rings. The Balaban J connectivity index is 2.39. The van der Waals surface area contributed by atoms with Crippen LogP contribution in [0.3, 0.4) is 0 Å². The molecule has 1 heteroatoms. The number of benzene rings is 1. The van der Waals surface area contributed by atoms with Gasteiger partial charge in [0.05, 0.1) is 5.54 Å². The zero-order valence-electron chi connectivity index (χ0n) is 13.9. The van der Waals surface area contributed by atoms with Crippen LogP contribution in [0.15, 0.2) is 30.4 Å². The molecule has 2 aliphatic rings. The van der Waals surface area contributed by atoms with Gasteiger partial charge < -0.3 is 4.90 Å². The highest BCUT2D eigenvalue weighted by Gasteiger charge is 2.59. The van der Waals surface area contributed by atoms with Crippen molar-refractivity contribution in [1.82, 2.24) is 0 Å². The van der Waals surface area contributed by atoms with Crippen molar-refractivity contribution in [2.24, 2.45) is 5.41 Å². The van der Waals surface area contributed by atoms with Gasteiger partial charge in [0, 0.05) is 17.1 Å². The fraction of sp³-hybridized carbons (Fsp3) is 0.579. The summed E-state index contributed by atoms with van der Waals surface area (Å²) < 4.78 is 0. The Bertz CT molecular complexity index is 594. The van der Waals surface area contributed by atoms with Crippen molar-refractivity contribution in [2.75, 3.05) is 4.90 Å². The summed E-state index contributed by atoms with van der Waals surface area (Å²) in [6, 6.07) is 7.26. The van der Waals surface area contributed by atoms with Gasteiger partial charge in [0.15, 0.2) is 0 Å². The van der Waals surface area contributed by atoms with Crippen molar-refractivity contribution in [3.63, 3.8) is 0 Å². The van der Waals surface area contributed by atoms with Crippen LogP contribution < -0.4 is 4.90 Å². The zero-order valence-corrected chi connectivity index (χ0v) is 13.9. The quantitative estimate of drug-likeness (QED) is 0.609. The Morgan fingerprint density at radius 1 is 1.05 bits per heavy atom. The van der Waals surface area contributed by atoms with Crippen LogP contribution in [0.2, 0.25) is 0 Å². The number of rotatable bonds is 0. The van der Waals surface area contributed by atoms with E-state index < -0.39 is 0 Å². The molecule has 2 heterocycles. The molecule has 0 aliphatic carbocycles. The summed E-state index contributed by atoms with van der Waals surface area (Å²) in [5.74, 6) is 0. The molecule has 3 rings (SSSR count). The maximum atomic E-state index is 2.64. The van der Waals surface area contributed by atoms with Crippen LogP contribution in [0, 0.1) is 12.3 Å². The molecule has 0 saturated heterocycles. The fourth-order valence-corrected chi connectivity index (χ4v) is 4.31. The minimum Gasteiger partial charge on any atom is -0.355 e. The lowest BCUT2D eigenvalue weighted by Gasteiger charge is -2.62. The van der Waals surface area contributed by atoms with E-state index in [4.69, 9.17) is 0 Å². The van der Waals surface area contributed by atoms with E-state index in [0.717, 1.165) is 0 Å². The van der Waals surface area contributed by atoms with E-state index in [1.807, 2.05) is 0 Å². The molecule has 20 heavy (non-hydrogen) atoms. The number of nitrogens with zero attached hydrogens (tertiary/aromatic N) is 1. The number of fused-ring (bicyclic) bond motifs is 3. The molecule has 108 valence electrons. The molecule has 0 radical (unpaired) electrons. The number of hydrogen-bond acceptors (Lipinski definition) is 1. The second-order valence-corrected chi connectivity index (χ2v) is 7.84. The SMILES string of the molecule is Cc1cccc2c1N1[C@@H](C)C=CC1(C)C(C)(C)C2(C)C. The maximum absolute atomic E-state index is 2.64. The van der Waals surface area contributed by atoms with Gasteiger partial charge in [0.1, 0.15) is 0 Å². The number of anilines is 1. The second kappa shape index (κ2) is 3.69. The van der Waals surface area contributed by atoms with Crippen molar-refractivity contribution in [2.45, 2.75) is 65.5 Å². The normalized spacial score (nSPS) is 33.0. The lowest BCUT2D eigenvalue weighted by atomic mass is 9.52. The predicted octanol–water partition coefficient (Wildman–Crippen LogP) is 4.84. The van der Waals surface area contributed by atoms with Crippen LogP contribution in [0.5, 0.6) is 0 Å². The molecule has 1 unspecified atom stereocenters. The van der Waals surface area contributed by atoms with Crippen molar-refractivity contribution < 1.29 is 0 Å². The summed E-state index contributed by atoms with van der Waals surface area (Å²) in [5.41, 5.74) is 4.74. The van der Waals surface area contributed by atoms with Crippen LogP contribution >= 0.6 is 0 Å². The first-order valence-electron chi connectivity index (χ1n) is 7.73. The third-order valence-corrected chi connectivity index (χ3v) is 6.59. The van der Waals surface area contributed by atoms with Crippen LogP contribution in [0.4, 0.5) is 5.69 Å². The van der Waals surface area contributed by atoms with E-state index in [2.05, 4.69) is 83.7 Å². The van der Waals surface area contributed by atoms with E-state index in [9.17, 15) is 0 Å². The van der Waals surface area contributed by atoms with Gasteiger partial charge in [0.2, 0.25) is 0 Å². The molecule has 1 aromatic carbocycles.